The van der Waals surface area contributed by atoms with Gasteiger partial charge in [0.1, 0.15) is 0 Å². The zero-order valence-electron chi connectivity index (χ0n) is 6.60. The van der Waals surface area contributed by atoms with Crippen molar-refractivity contribution in [3.63, 3.8) is 0 Å². The lowest BCUT2D eigenvalue weighted by atomic mass is 10.1. The minimum absolute atomic E-state index is 0.412. The van der Waals surface area contributed by atoms with Gasteiger partial charge in [0, 0.05) is 0 Å². The lowest BCUT2D eigenvalue weighted by Gasteiger charge is -2.13. The fourth-order valence-corrected chi connectivity index (χ4v) is 1.24. The van der Waals surface area contributed by atoms with E-state index in [0.29, 0.717) is 0 Å². The van der Waals surface area contributed by atoms with Gasteiger partial charge in [0.2, 0.25) is 0 Å². The molecule has 0 aromatic heterocycles. The van der Waals surface area contributed by atoms with Crippen LogP contribution in [0.15, 0.2) is 30.3 Å². The maximum absolute atomic E-state index is 10.2. The molecule has 0 saturated carbocycles. The van der Waals surface area contributed by atoms with Crippen molar-refractivity contribution in [2.45, 2.75) is 13.0 Å². The first-order valence-electron chi connectivity index (χ1n) is 3.51. The van der Waals surface area contributed by atoms with Crippen molar-refractivity contribution in [2.75, 3.05) is 0 Å². The largest absolute Gasteiger partial charge is 0.750 e. The Balaban J connectivity index is 2.65. The predicted molar refractivity (Wildman–Crippen MR) is 44.9 cm³/mol. The number of rotatable bonds is 3. The molecule has 1 rings (SSSR count). The standard InChI is InChI=1S/C8H10O3S/c1-7(11-12(9)10)8-5-3-2-4-6-8/h2-7H,1H3,(H,9,10)/p-1. The summed E-state index contributed by atoms with van der Waals surface area (Å²) in [5, 5.41) is 0. The zero-order valence-corrected chi connectivity index (χ0v) is 7.41. The van der Waals surface area contributed by atoms with Crippen molar-refractivity contribution in [3.8, 4) is 0 Å². The van der Waals surface area contributed by atoms with Crippen LogP contribution in [0.5, 0.6) is 0 Å². The maximum atomic E-state index is 10.2. The topological polar surface area (TPSA) is 49.4 Å². The molecular weight excluding hydrogens is 176 g/mol. The van der Waals surface area contributed by atoms with Crippen LogP contribution in [0.2, 0.25) is 0 Å². The summed E-state index contributed by atoms with van der Waals surface area (Å²) in [6.07, 6.45) is -0.412. The van der Waals surface area contributed by atoms with Crippen molar-refractivity contribution in [2.24, 2.45) is 0 Å². The maximum Gasteiger partial charge on any atom is 0.0959 e. The van der Waals surface area contributed by atoms with Crippen LogP contribution in [-0.4, -0.2) is 8.76 Å². The van der Waals surface area contributed by atoms with E-state index < -0.39 is 17.5 Å². The van der Waals surface area contributed by atoms with Gasteiger partial charge >= 0.3 is 0 Å². The van der Waals surface area contributed by atoms with Gasteiger partial charge in [0.05, 0.1) is 17.5 Å². The molecule has 0 saturated heterocycles. The van der Waals surface area contributed by atoms with E-state index in [4.69, 9.17) is 0 Å². The normalized spacial score (nSPS) is 15.5. The van der Waals surface area contributed by atoms with E-state index in [2.05, 4.69) is 4.18 Å². The van der Waals surface area contributed by atoms with E-state index in [1.807, 2.05) is 30.3 Å². The molecule has 1 aromatic rings. The van der Waals surface area contributed by atoms with E-state index in [1.165, 1.54) is 0 Å². The Kier molecular flexibility index (Phi) is 3.40. The first kappa shape index (κ1) is 9.38. The molecule has 0 bridgehead atoms. The summed E-state index contributed by atoms with van der Waals surface area (Å²) < 4.78 is 24.9. The van der Waals surface area contributed by atoms with E-state index in [0.717, 1.165) is 5.56 Å². The van der Waals surface area contributed by atoms with Crippen LogP contribution in [0, 0.1) is 0 Å². The highest BCUT2D eigenvalue weighted by Gasteiger charge is 2.03. The predicted octanol–water partition coefficient (Wildman–Crippen LogP) is 1.56. The molecule has 0 aliphatic heterocycles. The smallest absolute Gasteiger partial charge is 0.0959 e. The molecule has 4 heteroatoms. The summed E-state index contributed by atoms with van der Waals surface area (Å²) in [4.78, 5) is 0. The molecular formula is C8H9O3S-. The summed E-state index contributed by atoms with van der Waals surface area (Å²) in [5.41, 5.74) is 0.849. The van der Waals surface area contributed by atoms with Crippen molar-refractivity contribution in [1.29, 1.82) is 0 Å². The zero-order chi connectivity index (χ0) is 8.97. The molecule has 0 spiro atoms. The second kappa shape index (κ2) is 4.35. The number of hydrogen-bond donors (Lipinski definition) is 0. The van der Waals surface area contributed by atoms with E-state index >= 15 is 0 Å². The molecule has 66 valence electrons. The fraction of sp³-hybridized carbons (Fsp3) is 0.250. The molecule has 2 atom stereocenters. The summed E-state index contributed by atoms with van der Waals surface area (Å²) in [7, 11) is 0. The van der Waals surface area contributed by atoms with Gasteiger partial charge in [-0.25, -0.2) is 4.21 Å². The third kappa shape index (κ3) is 2.73. The minimum atomic E-state index is -2.45. The van der Waals surface area contributed by atoms with Crippen LogP contribution < -0.4 is 0 Å². The summed E-state index contributed by atoms with van der Waals surface area (Å²) >= 11 is -2.45. The average Bonchev–Trinajstić information content (AvgIpc) is 2.05. The summed E-state index contributed by atoms with van der Waals surface area (Å²) in [6, 6.07) is 9.17. The first-order valence-corrected chi connectivity index (χ1v) is 4.51. The van der Waals surface area contributed by atoms with Crippen molar-refractivity contribution in [1.82, 2.24) is 0 Å². The molecule has 3 nitrogen and oxygen atoms in total. The molecule has 2 unspecified atom stereocenters. The Labute approximate surface area is 73.9 Å². The number of hydrogen-bond acceptors (Lipinski definition) is 3. The van der Waals surface area contributed by atoms with Gasteiger partial charge in [0.15, 0.2) is 0 Å². The molecule has 0 aliphatic carbocycles. The van der Waals surface area contributed by atoms with Gasteiger partial charge in [-0.3, -0.25) is 4.18 Å². The highest BCUT2D eigenvalue weighted by atomic mass is 32.2. The lowest BCUT2D eigenvalue weighted by Crippen LogP contribution is -2.01. The van der Waals surface area contributed by atoms with Crippen LogP contribution in [-0.2, 0) is 15.5 Å². The second-order valence-electron chi connectivity index (χ2n) is 2.35. The van der Waals surface area contributed by atoms with E-state index in [-0.39, 0.29) is 0 Å². The molecule has 0 amide bonds. The average molecular weight is 185 g/mol. The first-order chi connectivity index (χ1) is 5.70. The Morgan fingerprint density at radius 3 is 2.50 bits per heavy atom. The SMILES string of the molecule is CC(OS(=O)[O-])c1ccccc1. The monoisotopic (exact) mass is 185 g/mol. The molecule has 0 radical (unpaired) electrons. The third-order valence-corrected chi connectivity index (χ3v) is 1.94. The number of benzene rings is 1. The Hall–Kier alpha value is -0.710. The molecule has 12 heavy (non-hydrogen) atoms. The van der Waals surface area contributed by atoms with Gasteiger partial charge in [-0.1, -0.05) is 30.3 Å². The van der Waals surface area contributed by atoms with Crippen molar-refractivity contribution >= 4 is 11.4 Å². The quantitative estimate of drug-likeness (QED) is 0.671. The van der Waals surface area contributed by atoms with Gasteiger partial charge in [0.25, 0.3) is 0 Å². The molecule has 0 fully saturated rings. The summed E-state index contributed by atoms with van der Waals surface area (Å²) in [6.45, 7) is 1.69. The Bertz CT molecular complexity index is 260. The molecule has 0 heterocycles. The van der Waals surface area contributed by atoms with Crippen molar-refractivity contribution in [3.05, 3.63) is 35.9 Å². The van der Waals surface area contributed by atoms with E-state index in [9.17, 15) is 8.76 Å². The highest BCUT2D eigenvalue weighted by Crippen LogP contribution is 2.16. The van der Waals surface area contributed by atoms with Gasteiger partial charge < -0.3 is 4.55 Å². The van der Waals surface area contributed by atoms with Crippen LogP contribution >= 0.6 is 0 Å². The van der Waals surface area contributed by atoms with Crippen LogP contribution in [0.1, 0.15) is 18.6 Å². The van der Waals surface area contributed by atoms with Crippen molar-refractivity contribution < 1.29 is 12.9 Å². The van der Waals surface area contributed by atoms with Crippen LogP contribution in [0.4, 0.5) is 0 Å². The Morgan fingerprint density at radius 1 is 1.42 bits per heavy atom. The van der Waals surface area contributed by atoms with Gasteiger partial charge in [-0.15, -0.1) is 0 Å². The van der Waals surface area contributed by atoms with Crippen LogP contribution in [0.3, 0.4) is 0 Å². The summed E-state index contributed by atoms with van der Waals surface area (Å²) in [5.74, 6) is 0. The molecule has 0 N–H and O–H groups in total. The Morgan fingerprint density at radius 2 is 2.00 bits per heavy atom. The highest BCUT2D eigenvalue weighted by molar-refractivity contribution is 7.74. The van der Waals surface area contributed by atoms with E-state index in [1.54, 1.807) is 6.92 Å². The van der Waals surface area contributed by atoms with Crippen LogP contribution in [0.25, 0.3) is 0 Å². The lowest BCUT2D eigenvalue weighted by molar-refractivity contribution is 0.223. The molecule has 1 aromatic carbocycles. The molecule has 0 aliphatic rings. The third-order valence-electron chi connectivity index (χ3n) is 1.49. The van der Waals surface area contributed by atoms with Gasteiger partial charge in [-0.2, -0.15) is 0 Å². The fourth-order valence-electron chi connectivity index (χ4n) is 0.897. The second-order valence-corrected chi connectivity index (χ2v) is 2.95. The van der Waals surface area contributed by atoms with Gasteiger partial charge in [-0.05, 0) is 12.5 Å². The minimum Gasteiger partial charge on any atom is -0.750 e.